The number of carbonyl (C=O) groups is 1. The largest absolute Gasteiger partial charge is 0.479 e. The molecule has 0 aliphatic heterocycles. The van der Waals surface area contributed by atoms with Crippen LogP contribution in [0.3, 0.4) is 0 Å². The van der Waals surface area contributed by atoms with Gasteiger partial charge in [-0.1, -0.05) is 4.89 Å². The molecule has 0 aliphatic carbocycles. The van der Waals surface area contributed by atoms with Gasteiger partial charge in [0.05, 0.1) is 0 Å². The molecule has 0 saturated heterocycles. The lowest BCUT2D eigenvalue weighted by molar-refractivity contribution is -0.165. The van der Waals surface area contributed by atoms with Gasteiger partial charge in [-0.3, -0.25) is 4.84 Å². The molecule has 0 aromatic carbocycles. The third-order valence-electron chi connectivity index (χ3n) is 2.10. The summed E-state index contributed by atoms with van der Waals surface area (Å²) in [6, 6.07) is 0.757. The maximum atomic E-state index is 12.6. The topological polar surface area (TPSA) is 92.7 Å². The Morgan fingerprint density at radius 2 is 1.95 bits per heavy atom. The molecule has 1 aromatic rings. The van der Waals surface area contributed by atoms with Crippen LogP contribution in [0.4, 0.5) is 13.2 Å². The number of thiophene rings is 1. The summed E-state index contributed by atoms with van der Waals surface area (Å²) >= 11 is 0.207. The summed E-state index contributed by atoms with van der Waals surface area (Å²) in [5, 5.41) is 9.67. The summed E-state index contributed by atoms with van der Waals surface area (Å²) in [5.74, 6) is -1.48. The predicted octanol–water partition coefficient (Wildman–Crippen LogP) is 1.84. The van der Waals surface area contributed by atoms with Gasteiger partial charge < -0.3 is 5.11 Å². The SMILES string of the molecule is CC(C)(ONS(=O)(=O)c1ccsc1C(F)(F)F)C(=O)O. The molecular formula is C9H10F3NO5S2. The number of hydrogen-bond donors (Lipinski definition) is 2. The summed E-state index contributed by atoms with van der Waals surface area (Å²) in [5.41, 5.74) is -1.93. The van der Waals surface area contributed by atoms with Crippen LogP contribution in [0.25, 0.3) is 0 Å². The highest BCUT2D eigenvalue weighted by Gasteiger charge is 2.40. The van der Waals surface area contributed by atoms with Crippen molar-refractivity contribution in [3.05, 3.63) is 16.3 Å². The quantitative estimate of drug-likeness (QED) is 0.802. The Labute approximate surface area is 116 Å². The van der Waals surface area contributed by atoms with Crippen LogP contribution < -0.4 is 4.89 Å². The van der Waals surface area contributed by atoms with E-state index in [9.17, 15) is 26.4 Å². The molecule has 20 heavy (non-hydrogen) atoms. The van der Waals surface area contributed by atoms with Crippen LogP contribution in [0, 0.1) is 0 Å². The Bertz CT molecular complexity index is 605. The minimum atomic E-state index is -4.83. The van der Waals surface area contributed by atoms with Gasteiger partial charge in [0.2, 0.25) is 0 Å². The van der Waals surface area contributed by atoms with E-state index < -0.39 is 37.5 Å². The number of carboxylic acids is 1. The van der Waals surface area contributed by atoms with E-state index in [4.69, 9.17) is 5.11 Å². The van der Waals surface area contributed by atoms with Gasteiger partial charge in [0.1, 0.15) is 9.77 Å². The summed E-state index contributed by atoms with van der Waals surface area (Å²) in [7, 11) is -4.64. The molecule has 0 spiro atoms. The van der Waals surface area contributed by atoms with Crippen molar-refractivity contribution in [1.29, 1.82) is 0 Å². The molecule has 11 heteroatoms. The first-order chi connectivity index (χ1) is 8.88. The van der Waals surface area contributed by atoms with E-state index in [0.29, 0.717) is 0 Å². The molecule has 0 saturated carbocycles. The minimum absolute atomic E-state index is 0.207. The number of halogens is 3. The molecule has 0 atom stereocenters. The molecule has 0 aliphatic rings. The molecule has 0 fully saturated rings. The molecular weight excluding hydrogens is 323 g/mol. The number of alkyl halides is 3. The van der Waals surface area contributed by atoms with Crippen molar-refractivity contribution in [1.82, 2.24) is 4.89 Å². The van der Waals surface area contributed by atoms with Gasteiger partial charge in [0.25, 0.3) is 10.0 Å². The molecule has 0 unspecified atom stereocenters. The smallest absolute Gasteiger partial charge is 0.426 e. The number of hydrogen-bond acceptors (Lipinski definition) is 5. The van der Waals surface area contributed by atoms with Gasteiger partial charge in [0.15, 0.2) is 5.60 Å². The van der Waals surface area contributed by atoms with Gasteiger partial charge in [-0.15, -0.1) is 11.3 Å². The summed E-state index contributed by atoms with van der Waals surface area (Å²) < 4.78 is 61.2. The van der Waals surface area contributed by atoms with E-state index in [1.807, 2.05) is 0 Å². The molecule has 1 aromatic heterocycles. The van der Waals surface area contributed by atoms with Gasteiger partial charge in [-0.2, -0.15) is 13.2 Å². The fourth-order valence-corrected chi connectivity index (χ4v) is 3.20. The van der Waals surface area contributed by atoms with Crippen LogP contribution in [-0.2, 0) is 25.8 Å². The molecule has 1 heterocycles. The van der Waals surface area contributed by atoms with E-state index in [2.05, 4.69) is 4.84 Å². The lowest BCUT2D eigenvalue weighted by Gasteiger charge is -2.19. The highest BCUT2D eigenvalue weighted by atomic mass is 32.2. The number of carboxylic acid groups (broad SMARTS) is 1. The monoisotopic (exact) mass is 333 g/mol. The van der Waals surface area contributed by atoms with Crippen LogP contribution >= 0.6 is 11.3 Å². The van der Waals surface area contributed by atoms with Crippen LogP contribution in [0.2, 0.25) is 0 Å². The first-order valence-corrected chi connectivity index (χ1v) is 7.32. The first-order valence-electron chi connectivity index (χ1n) is 4.96. The second kappa shape index (κ2) is 5.31. The Morgan fingerprint density at radius 3 is 2.40 bits per heavy atom. The zero-order valence-corrected chi connectivity index (χ0v) is 11.8. The van der Waals surface area contributed by atoms with Crippen molar-refractivity contribution in [3.8, 4) is 0 Å². The maximum absolute atomic E-state index is 12.6. The average Bonchev–Trinajstić information content (AvgIpc) is 2.75. The third kappa shape index (κ3) is 3.69. The normalized spacial score (nSPS) is 13.4. The zero-order valence-electron chi connectivity index (χ0n) is 10.2. The summed E-state index contributed by atoms with van der Waals surface area (Å²) in [6.45, 7) is 2.08. The Morgan fingerprint density at radius 1 is 1.40 bits per heavy atom. The molecule has 2 N–H and O–H groups in total. The Kier molecular flexibility index (Phi) is 4.49. The second-order valence-corrected chi connectivity index (χ2v) is 6.65. The maximum Gasteiger partial charge on any atom is 0.426 e. The fourth-order valence-electron chi connectivity index (χ4n) is 0.963. The van der Waals surface area contributed by atoms with Crippen LogP contribution in [-0.4, -0.2) is 25.1 Å². The lowest BCUT2D eigenvalue weighted by atomic mass is 10.1. The average molecular weight is 333 g/mol. The second-order valence-electron chi connectivity index (χ2n) is 4.12. The first kappa shape index (κ1) is 16.9. The summed E-state index contributed by atoms with van der Waals surface area (Å²) in [4.78, 5) is 14.2. The Hall–Kier alpha value is -1.17. The van der Waals surface area contributed by atoms with Gasteiger partial charge in [0, 0.05) is 0 Å². The van der Waals surface area contributed by atoms with Gasteiger partial charge >= 0.3 is 12.1 Å². The number of sulfonamides is 1. The molecule has 0 amide bonds. The molecule has 0 bridgehead atoms. The highest BCUT2D eigenvalue weighted by Crippen LogP contribution is 2.38. The van der Waals surface area contributed by atoms with E-state index in [0.717, 1.165) is 25.3 Å². The van der Waals surface area contributed by atoms with Gasteiger partial charge in [-0.25, -0.2) is 13.2 Å². The van der Waals surface area contributed by atoms with Crippen molar-refractivity contribution in [2.75, 3.05) is 0 Å². The van der Waals surface area contributed by atoms with Crippen molar-refractivity contribution >= 4 is 27.3 Å². The van der Waals surface area contributed by atoms with Crippen molar-refractivity contribution in [2.45, 2.75) is 30.5 Å². The number of aliphatic carboxylic acids is 1. The van der Waals surface area contributed by atoms with Crippen LogP contribution in [0.1, 0.15) is 18.7 Å². The van der Waals surface area contributed by atoms with E-state index in [-0.39, 0.29) is 11.3 Å². The molecule has 114 valence electrons. The third-order valence-corrected chi connectivity index (χ3v) is 4.41. The molecule has 6 nitrogen and oxygen atoms in total. The lowest BCUT2D eigenvalue weighted by Crippen LogP contribution is -2.42. The Balaban J connectivity index is 3.03. The van der Waals surface area contributed by atoms with Crippen molar-refractivity contribution < 1.29 is 36.3 Å². The minimum Gasteiger partial charge on any atom is -0.479 e. The number of nitrogens with one attached hydrogen (secondary N) is 1. The van der Waals surface area contributed by atoms with Gasteiger partial charge in [-0.05, 0) is 25.3 Å². The molecule has 0 radical (unpaired) electrons. The van der Waals surface area contributed by atoms with Crippen molar-refractivity contribution in [2.24, 2.45) is 0 Å². The van der Waals surface area contributed by atoms with Crippen molar-refractivity contribution in [3.63, 3.8) is 0 Å². The number of rotatable bonds is 5. The predicted molar refractivity (Wildman–Crippen MR) is 62.4 cm³/mol. The van der Waals surface area contributed by atoms with Crippen LogP contribution in [0.5, 0.6) is 0 Å². The summed E-state index contributed by atoms with van der Waals surface area (Å²) in [6.07, 6.45) is -4.83. The zero-order chi connectivity index (χ0) is 15.8. The molecule has 1 rings (SSSR count). The van der Waals surface area contributed by atoms with E-state index in [1.54, 1.807) is 0 Å². The highest BCUT2D eigenvalue weighted by molar-refractivity contribution is 7.89. The van der Waals surface area contributed by atoms with E-state index >= 15 is 0 Å². The standard InChI is InChI=1S/C9H10F3NO5S2/c1-8(2,7(14)15)18-13-20(16,17)5-3-4-19-6(5)9(10,11)12/h3-4,13H,1-2H3,(H,14,15). The van der Waals surface area contributed by atoms with E-state index in [1.165, 1.54) is 4.89 Å². The van der Waals surface area contributed by atoms with Crippen LogP contribution in [0.15, 0.2) is 16.3 Å². The fraction of sp³-hybridized carbons (Fsp3) is 0.444.